The number of para-hydroxylation sites is 2. The highest BCUT2D eigenvalue weighted by Crippen LogP contribution is 2.24. The van der Waals surface area contributed by atoms with E-state index in [2.05, 4.69) is 18.3 Å². The molecule has 3 nitrogen and oxygen atoms in total. The Labute approximate surface area is 89.4 Å². The summed E-state index contributed by atoms with van der Waals surface area (Å²) in [5.41, 5.74) is 2.00. The van der Waals surface area contributed by atoms with Gasteiger partial charge in [-0.05, 0) is 19.1 Å². The lowest BCUT2D eigenvalue weighted by Crippen LogP contribution is -2.30. The van der Waals surface area contributed by atoms with Gasteiger partial charge in [0.1, 0.15) is 5.75 Å². The molecule has 0 amide bonds. The smallest absolute Gasteiger partial charge is 0.138 e. The summed E-state index contributed by atoms with van der Waals surface area (Å²) in [5, 5.41) is 12.9. The molecular formula is C12H15NO2. The van der Waals surface area contributed by atoms with Crippen LogP contribution in [0, 0.1) is 0 Å². The van der Waals surface area contributed by atoms with Crippen LogP contribution in [0.3, 0.4) is 0 Å². The number of nitrogens with one attached hydrogen (secondary N) is 1. The van der Waals surface area contributed by atoms with E-state index in [1.807, 2.05) is 12.1 Å². The number of phenols is 1. The van der Waals surface area contributed by atoms with Crippen LogP contribution < -0.4 is 5.32 Å². The fourth-order valence-electron chi connectivity index (χ4n) is 1.59. The van der Waals surface area contributed by atoms with Gasteiger partial charge in [-0.2, -0.15) is 0 Å². The number of anilines is 1. The minimum Gasteiger partial charge on any atom is -0.506 e. The Morgan fingerprint density at radius 1 is 1.40 bits per heavy atom. The largest absolute Gasteiger partial charge is 0.506 e. The van der Waals surface area contributed by atoms with Gasteiger partial charge in [-0.15, -0.1) is 0 Å². The summed E-state index contributed by atoms with van der Waals surface area (Å²) in [6.07, 6.45) is 2.06. The molecule has 80 valence electrons. The van der Waals surface area contributed by atoms with E-state index < -0.39 is 0 Å². The van der Waals surface area contributed by atoms with Crippen LogP contribution in [0.4, 0.5) is 5.69 Å². The first-order valence-corrected chi connectivity index (χ1v) is 5.06. The van der Waals surface area contributed by atoms with Crippen molar-refractivity contribution in [3.63, 3.8) is 0 Å². The van der Waals surface area contributed by atoms with E-state index in [4.69, 9.17) is 4.74 Å². The van der Waals surface area contributed by atoms with Crippen LogP contribution in [-0.4, -0.2) is 24.4 Å². The third kappa shape index (κ3) is 2.30. The maximum absolute atomic E-state index is 9.60. The lowest BCUT2D eigenvalue weighted by molar-refractivity contribution is 0.147. The Kier molecular flexibility index (Phi) is 2.92. The van der Waals surface area contributed by atoms with E-state index in [9.17, 15) is 5.11 Å². The second-order valence-corrected chi connectivity index (χ2v) is 3.70. The van der Waals surface area contributed by atoms with Crippen molar-refractivity contribution in [3.05, 3.63) is 35.9 Å². The molecule has 3 heteroatoms. The molecule has 0 saturated carbocycles. The average molecular weight is 205 g/mol. The first-order chi connectivity index (χ1) is 7.27. The molecule has 1 aromatic carbocycles. The number of rotatable bonds is 2. The molecule has 2 rings (SSSR count). The molecule has 0 fully saturated rings. The third-order valence-corrected chi connectivity index (χ3v) is 2.59. The third-order valence-electron chi connectivity index (χ3n) is 2.59. The zero-order chi connectivity index (χ0) is 10.7. The van der Waals surface area contributed by atoms with Gasteiger partial charge < -0.3 is 15.2 Å². The lowest BCUT2D eigenvalue weighted by atomic mass is 10.1. The number of benzene rings is 1. The summed E-state index contributed by atoms with van der Waals surface area (Å²) >= 11 is 0. The highest BCUT2D eigenvalue weighted by atomic mass is 16.5. The number of hydrogen-bond acceptors (Lipinski definition) is 3. The monoisotopic (exact) mass is 205 g/mol. The van der Waals surface area contributed by atoms with E-state index in [-0.39, 0.29) is 11.8 Å². The van der Waals surface area contributed by atoms with Crippen molar-refractivity contribution >= 4 is 5.69 Å². The Hall–Kier alpha value is -1.48. The van der Waals surface area contributed by atoms with Gasteiger partial charge in [0.2, 0.25) is 0 Å². The van der Waals surface area contributed by atoms with E-state index >= 15 is 0 Å². The summed E-state index contributed by atoms with van der Waals surface area (Å²) in [6, 6.07) is 7.39. The Morgan fingerprint density at radius 3 is 2.93 bits per heavy atom. The normalized spacial score (nSPS) is 20.9. The minimum absolute atomic E-state index is 0.159. The zero-order valence-electron chi connectivity index (χ0n) is 8.73. The number of phenolic OH excluding ortho intramolecular Hbond substituents is 1. The van der Waals surface area contributed by atoms with E-state index in [0.717, 1.165) is 5.69 Å². The van der Waals surface area contributed by atoms with Gasteiger partial charge in [-0.1, -0.05) is 23.8 Å². The Bertz CT molecular complexity index is 374. The number of aromatic hydroxyl groups is 1. The lowest BCUT2D eigenvalue weighted by Gasteiger charge is -2.24. The Balaban J connectivity index is 2.12. The number of ether oxygens (including phenoxy) is 1. The molecule has 1 aliphatic heterocycles. The van der Waals surface area contributed by atoms with Crippen LogP contribution in [0.2, 0.25) is 0 Å². The van der Waals surface area contributed by atoms with Gasteiger partial charge >= 0.3 is 0 Å². The van der Waals surface area contributed by atoms with Crippen molar-refractivity contribution in [2.24, 2.45) is 0 Å². The molecule has 0 saturated heterocycles. The molecule has 2 N–H and O–H groups in total. The highest BCUT2D eigenvalue weighted by Gasteiger charge is 2.15. The van der Waals surface area contributed by atoms with Crippen molar-refractivity contribution < 1.29 is 9.84 Å². The van der Waals surface area contributed by atoms with Crippen LogP contribution in [0.1, 0.15) is 6.92 Å². The van der Waals surface area contributed by atoms with E-state index in [1.54, 1.807) is 12.1 Å². The predicted molar refractivity (Wildman–Crippen MR) is 60.1 cm³/mol. The molecule has 1 unspecified atom stereocenters. The SMILES string of the molecule is CC1=CCOCC1Nc1ccccc1O. The van der Waals surface area contributed by atoms with Crippen LogP contribution in [-0.2, 0) is 4.74 Å². The van der Waals surface area contributed by atoms with Crippen molar-refractivity contribution in [1.82, 2.24) is 0 Å². The summed E-state index contributed by atoms with van der Waals surface area (Å²) in [4.78, 5) is 0. The van der Waals surface area contributed by atoms with E-state index in [0.29, 0.717) is 13.2 Å². The molecule has 1 aromatic rings. The summed E-state index contributed by atoms with van der Waals surface area (Å²) < 4.78 is 5.34. The van der Waals surface area contributed by atoms with Crippen LogP contribution >= 0.6 is 0 Å². The predicted octanol–water partition coefficient (Wildman–Crippen LogP) is 2.15. The summed E-state index contributed by atoms with van der Waals surface area (Å²) in [5.74, 6) is 0.274. The molecule has 1 atom stereocenters. The second-order valence-electron chi connectivity index (χ2n) is 3.70. The maximum atomic E-state index is 9.60. The Morgan fingerprint density at radius 2 is 2.20 bits per heavy atom. The maximum Gasteiger partial charge on any atom is 0.138 e. The minimum atomic E-state index is 0.159. The first-order valence-electron chi connectivity index (χ1n) is 5.06. The van der Waals surface area contributed by atoms with Gasteiger partial charge in [0.15, 0.2) is 0 Å². The van der Waals surface area contributed by atoms with Crippen LogP contribution in [0.15, 0.2) is 35.9 Å². The molecule has 1 aliphatic rings. The summed E-state index contributed by atoms with van der Waals surface area (Å²) in [7, 11) is 0. The molecule has 0 radical (unpaired) electrons. The summed E-state index contributed by atoms with van der Waals surface area (Å²) in [6.45, 7) is 3.40. The van der Waals surface area contributed by atoms with Crippen molar-refractivity contribution in [3.8, 4) is 5.75 Å². The topological polar surface area (TPSA) is 41.5 Å². The fraction of sp³-hybridized carbons (Fsp3) is 0.333. The molecule has 0 bridgehead atoms. The van der Waals surface area contributed by atoms with Crippen molar-refractivity contribution in [2.45, 2.75) is 13.0 Å². The molecule has 0 aromatic heterocycles. The molecule has 15 heavy (non-hydrogen) atoms. The second kappa shape index (κ2) is 4.36. The first kappa shape index (κ1) is 10.1. The number of hydrogen-bond donors (Lipinski definition) is 2. The highest BCUT2D eigenvalue weighted by molar-refractivity contribution is 5.56. The van der Waals surface area contributed by atoms with Crippen LogP contribution in [0.5, 0.6) is 5.75 Å². The fourth-order valence-corrected chi connectivity index (χ4v) is 1.59. The standard InChI is InChI=1S/C12H15NO2/c1-9-6-7-15-8-11(9)13-10-4-2-3-5-12(10)14/h2-6,11,13-14H,7-8H2,1H3. The van der Waals surface area contributed by atoms with Crippen molar-refractivity contribution in [2.75, 3.05) is 18.5 Å². The molecule has 0 spiro atoms. The molecular weight excluding hydrogens is 190 g/mol. The zero-order valence-corrected chi connectivity index (χ0v) is 8.73. The van der Waals surface area contributed by atoms with Gasteiger partial charge in [-0.3, -0.25) is 0 Å². The quantitative estimate of drug-likeness (QED) is 0.574. The van der Waals surface area contributed by atoms with Crippen LogP contribution in [0.25, 0.3) is 0 Å². The average Bonchev–Trinajstić information content (AvgIpc) is 2.24. The van der Waals surface area contributed by atoms with Gasteiger partial charge in [0.25, 0.3) is 0 Å². The van der Waals surface area contributed by atoms with E-state index in [1.165, 1.54) is 5.57 Å². The van der Waals surface area contributed by atoms with Gasteiger partial charge in [-0.25, -0.2) is 0 Å². The van der Waals surface area contributed by atoms with Gasteiger partial charge in [0.05, 0.1) is 24.9 Å². The van der Waals surface area contributed by atoms with Crippen molar-refractivity contribution in [1.29, 1.82) is 0 Å². The molecule has 1 heterocycles. The van der Waals surface area contributed by atoms with Gasteiger partial charge in [0, 0.05) is 0 Å². The molecule has 0 aliphatic carbocycles.